The van der Waals surface area contributed by atoms with Crippen LogP contribution in [-0.2, 0) is 9.53 Å². The van der Waals surface area contributed by atoms with Gasteiger partial charge in [-0.25, -0.2) is 9.59 Å². The Bertz CT molecular complexity index is 1130. The first-order valence-electron chi connectivity index (χ1n) is 10.8. The van der Waals surface area contributed by atoms with Crippen molar-refractivity contribution >= 4 is 40.2 Å². The lowest BCUT2D eigenvalue weighted by Gasteiger charge is -2.30. The van der Waals surface area contributed by atoms with Gasteiger partial charge in [0.2, 0.25) is 5.91 Å². The van der Waals surface area contributed by atoms with Crippen LogP contribution < -0.4 is 10.2 Å². The number of fused-ring (bicyclic) bond motifs is 1. The molecular formula is C24H28N4O4. The van der Waals surface area contributed by atoms with Crippen molar-refractivity contribution < 1.29 is 19.1 Å². The first-order valence-corrected chi connectivity index (χ1v) is 10.8. The van der Waals surface area contributed by atoms with E-state index in [0.29, 0.717) is 25.3 Å². The number of carbonyl (C=O) groups is 3. The van der Waals surface area contributed by atoms with Gasteiger partial charge in [0, 0.05) is 31.4 Å². The van der Waals surface area contributed by atoms with Crippen molar-refractivity contribution in [2.24, 2.45) is 0 Å². The maximum atomic E-state index is 12.3. The van der Waals surface area contributed by atoms with Crippen LogP contribution in [0.1, 0.15) is 44.7 Å². The molecule has 0 atom stereocenters. The summed E-state index contributed by atoms with van der Waals surface area (Å²) in [6.07, 6.45) is 4.44. The van der Waals surface area contributed by atoms with Gasteiger partial charge in [-0.15, -0.1) is 0 Å². The van der Waals surface area contributed by atoms with E-state index in [0.717, 1.165) is 28.5 Å². The number of imide groups is 1. The lowest BCUT2D eigenvalue weighted by molar-refractivity contribution is -0.120. The molecule has 2 aromatic rings. The van der Waals surface area contributed by atoms with E-state index in [-0.39, 0.29) is 18.4 Å². The summed E-state index contributed by atoms with van der Waals surface area (Å²) in [6, 6.07) is 5.56. The minimum absolute atomic E-state index is 0.261. The molecule has 0 radical (unpaired) electrons. The number of carbonyl (C=O) groups excluding carboxylic acids is 3. The van der Waals surface area contributed by atoms with E-state index in [1.165, 1.54) is 5.57 Å². The topological polar surface area (TPSA) is 91.8 Å². The minimum Gasteiger partial charge on any atom is -0.444 e. The quantitative estimate of drug-likeness (QED) is 0.768. The fourth-order valence-electron chi connectivity index (χ4n) is 4.04. The van der Waals surface area contributed by atoms with E-state index in [4.69, 9.17) is 4.74 Å². The van der Waals surface area contributed by atoms with E-state index in [9.17, 15) is 14.4 Å². The van der Waals surface area contributed by atoms with E-state index < -0.39 is 11.6 Å². The number of rotatable bonds is 2. The average Bonchev–Trinajstić information content (AvgIpc) is 2.73. The zero-order valence-corrected chi connectivity index (χ0v) is 18.9. The number of nitrogens with zero attached hydrogens (tertiary/aromatic N) is 3. The normalized spacial score (nSPS) is 17.3. The maximum Gasteiger partial charge on any atom is 0.410 e. The number of hydrogen-bond acceptors (Lipinski definition) is 5. The molecule has 2 aliphatic rings. The fourth-order valence-corrected chi connectivity index (χ4v) is 4.04. The third kappa shape index (κ3) is 4.44. The zero-order chi connectivity index (χ0) is 23.0. The van der Waals surface area contributed by atoms with Gasteiger partial charge in [0.1, 0.15) is 5.60 Å². The summed E-state index contributed by atoms with van der Waals surface area (Å²) < 4.78 is 5.48. The lowest BCUT2D eigenvalue weighted by atomic mass is 9.93. The van der Waals surface area contributed by atoms with Crippen LogP contribution >= 0.6 is 0 Å². The molecule has 1 fully saturated rings. The molecule has 0 bridgehead atoms. The number of aromatic nitrogens is 1. The van der Waals surface area contributed by atoms with Gasteiger partial charge < -0.3 is 9.64 Å². The van der Waals surface area contributed by atoms with Gasteiger partial charge in [-0.2, -0.15) is 0 Å². The maximum absolute atomic E-state index is 12.3. The van der Waals surface area contributed by atoms with Crippen molar-refractivity contribution in [1.29, 1.82) is 0 Å². The highest BCUT2D eigenvalue weighted by Crippen LogP contribution is 2.32. The highest BCUT2D eigenvalue weighted by molar-refractivity contribution is 6.06. The zero-order valence-electron chi connectivity index (χ0n) is 18.9. The van der Waals surface area contributed by atoms with Gasteiger partial charge in [-0.05, 0) is 62.9 Å². The van der Waals surface area contributed by atoms with E-state index in [1.54, 1.807) is 16.0 Å². The second-order valence-electron chi connectivity index (χ2n) is 9.16. The Kier molecular flexibility index (Phi) is 5.62. The highest BCUT2D eigenvalue weighted by Gasteiger charge is 2.26. The van der Waals surface area contributed by atoms with Crippen molar-refractivity contribution in [1.82, 2.24) is 15.2 Å². The number of benzene rings is 1. The molecule has 32 heavy (non-hydrogen) atoms. The molecule has 168 valence electrons. The summed E-state index contributed by atoms with van der Waals surface area (Å²) in [5.41, 5.74) is 4.35. The van der Waals surface area contributed by atoms with Crippen molar-refractivity contribution in [2.45, 2.75) is 46.1 Å². The van der Waals surface area contributed by atoms with Crippen LogP contribution in [0.4, 0.5) is 15.3 Å². The Balaban J connectivity index is 1.59. The molecule has 1 saturated heterocycles. The Labute approximate surface area is 187 Å². The summed E-state index contributed by atoms with van der Waals surface area (Å²) in [5, 5.41) is 3.31. The highest BCUT2D eigenvalue weighted by atomic mass is 16.6. The Morgan fingerprint density at radius 1 is 1.16 bits per heavy atom. The number of amides is 4. The number of nitrogens with one attached hydrogen (secondary N) is 1. The number of aryl methyl sites for hydroxylation is 1. The second kappa shape index (κ2) is 8.26. The Morgan fingerprint density at radius 3 is 2.59 bits per heavy atom. The largest absolute Gasteiger partial charge is 0.444 e. The predicted octanol–water partition coefficient (Wildman–Crippen LogP) is 4.01. The van der Waals surface area contributed by atoms with Crippen LogP contribution in [0.25, 0.3) is 16.5 Å². The van der Waals surface area contributed by atoms with E-state index in [2.05, 4.69) is 22.4 Å². The molecule has 1 aromatic carbocycles. The molecule has 8 heteroatoms. The SMILES string of the molecule is Cc1c(C2=CCN(C(=O)OC(C)(C)C)CC2)ccc2ncc(N3CCC(=O)NC3=O)cc12. The third-order valence-electron chi connectivity index (χ3n) is 5.69. The molecule has 0 aliphatic carbocycles. The van der Waals surface area contributed by atoms with Crippen molar-refractivity contribution in [3.05, 3.63) is 41.6 Å². The molecule has 0 unspecified atom stereocenters. The number of ether oxygens (including phenoxy) is 1. The summed E-state index contributed by atoms with van der Waals surface area (Å²) in [4.78, 5) is 43.8. The number of urea groups is 1. The molecule has 2 aliphatic heterocycles. The van der Waals surface area contributed by atoms with Gasteiger partial charge in [0.15, 0.2) is 0 Å². The smallest absolute Gasteiger partial charge is 0.410 e. The van der Waals surface area contributed by atoms with Gasteiger partial charge in [-0.1, -0.05) is 12.1 Å². The van der Waals surface area contributed by atoms with Crippen LogP contribution in [0, 0.1) is 6.92 Å². The van der Waals surface area contributed by atoms with Gasteiger partial charge >= 0.3 is 12.1 Å². The van der Waals surface area contributed by atoms with Crippen LogP contribution in [0.5, 0.6) is 0 Å². The number of anilines is 1. The first-order chi connectivity index (χ1) is 15.1. The standard InChI is InChI=1S/C24H28N4O4/c1-15-18(16-7-10-27(11-8-16)23(31)32-24(2,3)4)5-6-20-19(15)13-17(14-25-20)28-12-9-21(29)26-22(28)30/h5-7,13-14H,8-12H2,1-4H3,(H,26,29,30). The Hall–Kier alpha value is -3.42. The van der Waals surface area contributed by atoms with Crippen LogP contribution in [0.2, 0.25) is 0 Å². The monoisotopic (exact) mass is 436 g/mol. The number of hydrogen-bond donors (Lipinski definition) is 1. The van der Waals surface area contributed by atoms with Crippen LogP contribution in [-0.4, -0.2) is 53.2 Å². The summed E-state index contributed by atoms with van der Waals surface area (Å²) >= 11 is 0. The van der Waals surface area contributed by atoms with Gasteiger partial charge in [0.25, 0.3) is 0 Å². The summed E-state index contributed by atoms with van der Waals surface area (Å²) in [5.74, 6) is -0.261. The molecule has 4 rings (SSSR count). The minimum atomic E-state index is -0.515. The van der Waals surface area contributed by atoms with Crippen molar-refractivity contribution in [3.8, 4) is 0 Å². The van der Waals surface area contributed by atoms with Crippen LogP contribution in [0.15, 0.2) is 30.5 Å². The molecule has 0 spiro atoms. The average molecular weight is 437 g/mol. The predicted molar refractivity (Wildman–Crippen MR) is 122 cm³/mol. The van der Waals surface area contributed by atoms with E-state index >= 15 is 0 Å². The second-order valence-corrected chi connectivity index (χ2v) is 9.16. The summed E-state index contributed by atoms with van der Waals surface area (Å²) in [7, 11) is 0. The number of pyridine rings is 1. The third-order valence-corrected chi connectivity index (χ3v) is 5.69. The first kappa shape index (κ1) is 21.8. The van der Waals surface area contributed by atoms with E-state index in [1.807, 2.05) is 39.8 Å². The molecule has 1 N–H and O–H groups in total. The van der Waals surface area contributed by atoms with Crippen LogP contribution in [0.3, 0.4) is 0 Å². The van der Waals surface area contributed by atoms with Crippen molar-refractivity contribution in [3.63, 3.8) is 0 Å². The van der Waals surface area contributed by atoms with Gasteiger partial charge in [-0.3, -0.25) is 20.0 Å². The van der Waals surface area contributed by atoms with Crippen molar-refractivity contribution in [2.75, 3.05) is 24.5 Å². The molecule has 0 saturated carbocycles. The fraction of sp³-hybridized carbons (Fsp3) is 0.417. The summed E-state index contributed by atoms with van der Waals surface area (Å²) in [6.45, 7) is 9.07. The molecule has 3 heterocycles. The van der Waals surface area contributed by atoms with Gasteiger partial charge in [0.05, 0.1) is 17.4 Å². The Morgan fingerprint density at radius 2 is 1.94 bits per heavy atom. The molecule has 4 amide bonds. The molecule has 8 nitrogen and oxygen atoms in total. The molecular weight excluding hydrogens is 408 g/mol. The molecule has 1 aromatic heterocycles. The lowest BCUT2D eigenvalue weighted by Crippen LogP contribution is -2.49.